The number of rotatable bonds is 6. The van der Waals surface area contributed by atoms with Gasteiger partial charge in [-0.05, 0) is 47.7 Å². The normalized spacial score (nSPS) is 11.7. The summed E-state index contributed by atoms with van der Waals surface area (Å²) in [6.07, 6.45) is 0.836. The third-order valence-electron chi connectivity index (χ3n) is 6.06. The molecule has 1 N–H and O–H groups in total. The van der Waals surface area contributed by atoms with Crippen LogP contribution in [0.15, 0.2) is 48.5 Å². The van der Waals surface area contributed by atoms with Crippen LogP contribution in [0.5, 0.6) is 0 Å². The van der Waals surface area contributed by atoms with E-state index in [1.807, 2.05) is 0 Å². The molecule has 0 saturated carbocycles. The molecule has 0 amide bonds. The molecule has 0 saturated heterocycles. The van der Waals surface area contributed by atoms with Crippen molar-refractivity contribution in [3.63, 3.8) is 0 Å². The van der Waals surface area contributed by atoms with Crippen molar-refractivity contribution in [2.75, 3.05) is 0 Å². The summed E-state index contributed by atoms with van der Waals surface area (Å²) >= 11 is 0. The van der Waals surface area contributed by atoms with E-state index < -0.39 is 23.1 Å². The second-order valence-corrected chi connectivity index (χ2v) is 7.95. The van der Waals surface area contributed by atoms with E-state index in [0.29, 0.717) is 29.5 Å². The van der Waals surface area contributed by atoms with Crippen molar-refractivity contribution in [2.45, 2.75) is 38.8 Å². The standard InChI is InChI=1S/C25H21F3N4O/c1-3-25(33,4-2)14-32-24-21(30-31-32)12-19(22(27)23(24)28)18-8-6-5-7-17(18)15-9-10-16(13-29)20(26)11-15/h5-12,33H,3-4,14H2,1-2H3. The fourth-order valence-corrected chi connectivity index (χ4v) is 3.87. The number of benzene rings is 3. The van der Waals surface area contributed by atoms with Crippen LogP contribution in [0.4, 0.5) is 13.2 Å². The Balaban J connectivity index is 1.87. The van der Waals surface area contributed by atoms with Crippen molar-refractivity contribution in [2.24, 2.45) is 0 Å². The highest BCUT2D eigenvalue weighted by atomic mass is 19.2. The molecule has 1 aromatic heterocycles. The molecule has 0 spiro atoms. The average Bonchev–Trinajstić information content (AvgIpc) is 3.23. The molecule has 4 aromatic rings. The van der Waals surface area contributed by atoms with Crippen molar-refractivity contribution in [3.8, 4) is 28.3 Å². The van der Waals surface area contributed by atoms with E-state index in [1.165, 1.54) is 22.9 Å². The maximum atomic E-state index is 15.3. The summed E-state index contributed by atoms with van der Waals surface area (Å²) < 4.78 is 46.0. The van der Waals surface area contributed by atoms with Crippen molar-refractivity contribution in [3.05, 3.63) is 71.5 Å². The minimum Gasteiger partial charge on any atom is -0.388 e. The van der Waals surface area contributed by atoms with E-state index in [4.69, 9.17) is 5.26 Å². The van der Waals surface area contributed by atoms with Gasteiger partial charge in [-0.3, -0.25) is 0 Å². The molecule has 0 aliphatic heterocycles. The number of hydrogen-bond acceptors (Lipinski definition) is 4. The molecule has 0 bridgehead atoms. The minimum absolute atomic E-state index is 0.0205. The maximum absolute atomic E-state index is 15.3. The first-order valence-electron chi connectivity index (χ1n) is 10.5. The fourth-order valence-electron chi connectivity index (χ4n) is 3.87. The largest absolute Gasteiger partial charge is 0.388 e. The van der Waals surface area contributed by atoms with E-state index in [0.717, 1.165) is 0 Å². The monoisotopic (exact) mass is 450 g/mol. The first-order chi connectivity index (χ1) is 15.8. The zero-order valence-electron chi connectivity index (χ0n) is 18.1. The van der Waals surface area contributed by atoms with Crippen LogP contribution in [0.3, 0.4) is 0 Å². The van der Waals surface area contributed by atoms with E-state index in [-0.39, 0.29) is 28.7 Å². The molecule has 1 heterocycles. The lowest BCUT2D eigenvalue weighted by atomic mass is 9.93. The van der Waals surface area contributed by atoms with Crippen LogP contribution < -0.4 is 0 Å². The molecule has 0 aliphatic carbocycles. The predicted molar refractivity (Wildman–Crippen MR) is 119 cm³/mol. The van der Waals surface area contributed by atoms with Gasteiger partial charge in [0.05, 0.1) is 17.7 Å². The number of nitriles is 1. The molecule has 5 nitrogen and oxygen atoms in total. The molecular weight excluding hydrogens is 429 g/mol. The number of nitrogens with zero attached hydrogens (tertiary/aromatic N) is 4. The Bertz CT molecular complexity index is 1390. The van der Waals surface area contributed by atoms with Crippen LogP contribution in [-0.2, 0) is 6.54 Å². The summed E-state index contributed by atoms with van der Waals surface area (Å²) in [5.41, 5.74) is -0.0296. The zero-order valence-corrected chi connectivity index (χ0v) is 18.1. The lowest BCUT2D eigenvalue weighted by Gasteiger charge is -2.24. The quantitative estimate of drug-likeness (QED) is 0.415. The van der Waals surface area contributed by atoms with Crippen LogP contribution in [0.2, 0.25) is 0 Å². The van der Waals surface area contributed by atoms with Gasteiger partial charge < -0.3 is 5.11 Å². The van der Waals surface area contributed by atoms with Gasteiger partial charge in [0, 0.05) is 5.56 Å². The van der Waals surface area contributed by atoms with Gasteiger partial charge in [-0.1, -0.05) is 49.4 Å². The average molecular weight is 450 g/mol. The third kappa shape index (κ3) is 3.96. The SMILES string of the molecule is CCC(O)(CC)Cn1nnc2cc(-c3ccccc3-c3ccc(C#N)c(F)c3)c(F)c(F)c21. The van der Waals surface area contributed by atoms with Crippen LogP contribution in [0.25, 0.3) is 33.3 Å². The molecule has 0 atom stereocenters. The summed E-state index contributed by atoms with van der Waals surface area (Å²) in [7, 11) is 0. The smallest absolute Gasteiger partial charge is 0.187 e. The van der Waals surface area contributed by atoms with Crippen LogP contribution in [-0.4, -0.2) is 25.7 Å². The Kier molecular flexibility index (Phi) is 5.91. The number of fused-ring (bicyclic) bond motifs is 1. The number of halogens is 3. The second-order valence-electron chi connectivity index (χ2n) is 7.95. The third-order valence-corrected chi connectivity index (χ3v) is 6.06. The molecule has 0 fully saturated rings. The van der Waals surface area contributed by atoms with Gasteiger partial charge in [-0.25, -0.2) is 17.9 Å². The Labute approximate surface area is 188 Å². The van der Waals surface area contributed by atoms with Crippen molar-refractivity contribution < 1.29 is 18.3 Å². The lowest BCUT2D eigenvalue weighted by Crippen LogP contribution is -2.33. The highest BCUT2D eigenvalue weighted by molar-refractivity contribution is 5.89. The van der Waals surface area contributed by atoms with Gasteiger partial charge >= 0.3 is 0 Å². The summed E-state index contributed by atoms with van der Waals surface area (Å²) in [4.78, 5) is 0. The van der Waals surface area contributed by atoms with Gasteiger partial charge in [0.25, 0.3) is 0 Å². The molecule has 0 radical (unpaired) electrons. The summed E-state index contributed by atoms with van der Waals surface area (Å²) in [6, 6.07) is 13.9. The zero-order chi connectivity index (χ0) is 23.8. The summed E-state index contributed by atoms with van der Waals surface area (Å²) in [6.45, 7) is 3.59. The van der Waals surface area contributed by atoms with Crippen molar-refractivity contribution in [1.29, 1.82) is 5.26 Å². The number of aromatic nitrogens is 3. The van der Waals surface area contributed by atoms with Gasteiger partial charge in [-0.2, -0.15) is 5.26 Å². The second kappa shape index (κ2) is 8.68. The number of hydrogen-bond donors (Lipinski definition) is 1. The molecule has 4 rings (SSSR count). The van der Waals surface area contributed by atoms with Crippen LogP contribution >= 0.6 is 0 Å². The summed E-state index contributed by atoms with van der Waals surface area (Å²) in [5, 5.41) is 27.5. The molecule has 8 heteroatoms. The predicted octanol–water partition coefficient (Wildman–Crippen LogP) is 5.61. The van der Waals surface area contributed by atoms with Gasteiger partial charge in [0.15, 0.2) is 11.6 Å². The van der Waals surface area contributed by atoms with Crippen LogP contribution in [0, 0.1) is 28.8 Å². The Morgan fingerprint density at radius 3 is 2.30 bits per heavy atom. The van der Waals surface area contributed by atoms with Crippen molar-refractivity contribution >= 4 is 11.0 Å². The summed E-state index contributed by atoms with van der Waals surface area (Å²) in [5.74, 6) is -2.92. The molecular formula is C25H21F3N4O. The van der Waals surface area contributed by atoms with E-state index in [1.54, 1.807) is 50.2 Å². The minimum atomic E-state index is -1.12. The van der Waals surface area contributed by atoms with Gasteiger partial charge in [0.1, 0.15) is 22.9 Å². The lowest BCUT2D eigenvalue weighted by molar-refractivity contribution is 0.0124. The van der Waals surface area contributed by atoms with E-state index >= 15 is 8.78 Å². The number of aliphatic hydroxyl groups is 1. The molecule has 33 heavy (non-hydrogen) atoms. The molecule has 168 valence electrons. The molecule has 3 aromatic carbocycles. The Hall–Kier alpha value is -3.70. The molecule has 0 unspecified atom stereocenters. The highest BCUT2D eigenvalue weighted by Crippen LogP contribution is 2.37. The maximum Gasteiger partial charge on any atom is 0.187 e. The fraction of sp³-hybridized carbons (Fsp3) is 0.240. The topological polar surface area (TPSA) is 74.7 Å². The van der Waals surface area contributed by atoms with E-state index in [2.05, 4.69) is 10.3 Å². The first kappa shape index (κ1) is 22.5. The molecule has 0 aliphatic rings. The Morgan fingerprint density at radius 2 is 1.67 bits per heavy atom. The van der Waals surface area contributed by atoms with E-state index in [9.17, 15) is 9.50 Å². The van der Waals surface area contributed by atoms with Crippen LogP contribution in [0.1, 0.15) is 32.3 Å². The Morgan fingerprint density at radius 1 is 0.970 bits per heavy atom. The first-order valence-corrected chi connectivity index (χ1v) is 10.5. The highest BCUT2D eigenvalue weighted by Gasteiger charge is 2.27. The van der Waals surface area contributed by atoms with Gasteiger partial charge in [0.2, 0.25) is 0 Å². The van der Waals surface area contributed by atoms with Crippen molar-refractivity contribution in [1.82, 2.24) is 15.0 Å². The van der Waals surface area contributed by atoms with Gasteiger partial charge in [-0.15, -0.1) is 5.10 Å².